The maximum Gasteiger partial charge on any atom is 0.123 e. The van der Waals surface area contributed by atoms with Crippen LogP contribution >= 0.6 is 0 Å². The van der Waals surface area contributed by atoms with Gasteiger partial charge < -0.3 is 10.2 Å². The summed E-state index contributed by atoms with van der Waals surface area (Å²) in [6, 6.07) is 6.32. The minimum atomic E-state index is -0.138. The monoisotopic (exact) mass is 278 g/mol. The summed E-state index contributed by atoms with van der Waals surface area (Å²) in [6.45, 7) is 8.28. The normalized spacial score (nSPS) is 14.8. The van der Waals surface area contributed by atoms with E-state index in [1.54, 1.807) is 12.1 Å². The van der Waals surface area contributed by atoms with Gasteiger partial charge in [-0.1, -0.05) is 27.2 Å². The predicted octanol–water partition coefficient (Wildman–Crippen LogP) is 4.09. The molecule has 1 aromatic rings. The first-order valence-electron chi connectivity index (χ1n) is 7.90. The fourth-order valence-corrected chi connectivity index (χ4v) is 2.50. The Hall–Kier alpha value is -1.09. The van der Waals surface area contributed by atoms with Crippen molar-refractivity contribution in [3.63, 3.8) is 0 Å². The average Bonchev–Trinajstić information content (AvgIpc) is 3.23. The molecular weight excluding hydrogens is 251 g/mol. The molecule has 1 fully saturated rings. The second-order valence-electron chi connectivity index (χ2n) is 6.09. The summed E-state index contributed by atoms with van der Waals surface area (Å²) in [6.07, 6.45) is 4.95. The fourth-order valence-electron chi connectivity index (χ4n) is 2.50. The molecule has 0 radical (unpaired) electrons. The second kappa shape index (κ2) is 7.07. The summed E-state index contributed by atoms with van der Waals surface area (Å²) in [5.74, 6) is -0.138. The molecule has 0 aliphatic heterocycles. The summed E-state index contributed by atoms with van der Waals surface area (Å²) in [4.78, 5) is 2.49. The van der Waals surface area contributed by atoms with Crippen LogP contribution in [0.15, 0.2) is 18.2 Å². The zero-order valence-corrected chi connectivity index (χ0v) is 13.0. The van der Waals surface area contributed by atoms with Crippen molar-refractivity contribution >= 4 is 5.69 Å². The number of unbranched alkanes of at least 4 members (excludes halogenated alkanes) is 1. The van der Waals surface area contributed by atoms with Gasteiger partial charge in [-0.15, -0.1) is 0 Å². The molecule has 0 amide bonds. The number of hydrogen-bond acceptors (Lipinski definition) is 2. The number of rotatable bonds is 8. The lowest BCUT2D eigenvalue weighted by Gasteiger charge is -2.27. The van der Waals surface area contributed by atoms with E-state index in [9.17, 15) is 4.39 Å². The number of halogens is 1. The zero-order valence-electron chi connectivity index (χ0n) is 13.0. The standard InChI is InChI=1S/C17H27FN2/c1-4-5-10-20(16-7-8-16)17-9-6-15(18)11-14(17)12-19-13(2)3/h6,9,11,13,16,19H,4-5,7-8,10,12H2,1-3H3. The molecule has 0 aromatic heterocycles. The van der Waals surface area contributed by atoms with Gasteiger partial charge in [-0.2, -0.15) is 0 Å². The quantitative estimate of drug-likeness (QED) is 0.770. The van der Waals surface area contributed by atoms with E-state index in [1.165, 1.54) is 31.4 Å². The number of nitrogens with zero attached hydrogens (tertiary/aromatic N) is 1. The van der Waals surface area contributed by atoms with Crippen molar-refractivity contribution in [2.24, 2.45) is 0 Å². The first-order valence-corrected chi connectivity index (χ1v) is 7.90. The number of nitrogens with one attached hydrogen (secondary N) is 1. The molecule has 0 bridgehead atoms. The molecule has 1 aliphatic carbocycles. The van der Waals surface area contributed by atoms with Gasteiger partial charge in [0.05, 0.1) is 0 Å². The second-order valence-corrected chi connectivity index (χ2v) is 6.09. The number of anilines is 1. The minimum absolute atomic E-state index is 0.138. The average molecular weight is 278 g/mol. The van der Waals surface area contributed by atoms with Crippen LogP contribution < -0.4 is 10.2 Å². The van der Waals surface area contributed by atoms with Crippen molar-refractivity contribution < 1.29 is 4.39 Å². The van der Waals surface area contributed by atoms with E-state index in [1.807, 2.05) is 6.07 Å². The van der Waals surface area contributed by atoms with Crippen LogP contribution in [-0.2, 0) is 6.54 Å². The minimum Gasteiger partial charge on any atom is -0.368 e. The lowest BCUT2D eigenvalue weighted by atomic mass is 10.1. The molecule has 0 saturated heterocycles. The Morgan fingerprint density at radius 3 is 2.70 bits per heavy atom. The molecule has 0 unspecified atom stereocenters. The van der Waals surface area contributed by atoms with Gasteiger partial charge in [0.2, 0.25) is 0 Å². The summed E-state index contributed by atoms with van der Waals surface area (Å²) < 4.78 is 13.6. The van der Waals surface area contributed by atoms with Crippen molar-refractivity contribution in [2.75, 3.05) is 11.4 Å². The number of benzene rings is 1. The van der Waals surface area contributed by atoms with Gasteiger partial charge in [0.15, 0.2) is 0 Å². The topological polar surface area (TPSA) is 15.3 Å². The third-order valence-electron chi connectivity index (χ3n) is 3.79. The highest BCUT2D eigenvalue weighted by Crippen LogP contribution is 2.34. The summed E-state index contributed by atoms with van der Waals surface area (Å²) in [5.41, 5.74) is 2.30. The maximum absolute atomic E-state index is 13.6. The molecule has 1 aromatic carbocycles. The van der Waals surface area contributed by atoms with Gasteiger partial charge in [0.25, 0.3) is 0 Å². The van der Waals surface area contributed by atoms with Crippen molar-refractivity contribution in [1.82, 2.24) is 5.32 Å². The molecule has 2 nitrogen and oxygen atoms in total. The van der Waals surface area contributed by atoms with Crippen molar-refractivity contribution in [3.8, 4) is 0 Å². The molecule has 0 atom stereocenters. The van der Waals surface area contributed by atoms with Gasteiger partial charge in [0, 0.05) is 30.9 Å². The number of hydrogen-bond donors (Lipinski definition) is 1. The Bertz CT molecular complexity index is 427. The van der Waals surface area contributed by atoms with Crippen LogP contribution in [-0.4, -0.2) is 18.6 Å². The van der Waals surface area contributed by atoms with Crippen LogP contribution in [0.4, 0.5) is 10.1 Å². The van der Waals surface area contributed by atoms with Crippen molar-refractivity contribution in [1.29, 1.82) is 0 Å². The molecule has 112 valence electrons. The Morgan fingerprint density at radius 2 is 2.10 bits per heavy atom. The Balaban J connectivity index is 2.18. The third kappa shape index (κ3) is 4.20. The summed E-state index contributed by atoms with van der Waals surface area (Å²) in [7, 11) is 0. The fraction of sp³-hybridized carbons (Fsp3) is 0.647. The molecule has 1 aliphatic rings. The molecule has 0 spiro atoms. The Labute approximate surface area is 122 Å². The zero-order chi connectivity index (χ0) is 14.5. The van der Waals surface area contributed by atoms with Crippen molar-refractivity contribution in [2.45, 2.75) is 65.1 Å². The molecular formula is C17H27FN2. The van der Waals surface area contributed by atoms with Crippen LogP contribution in [0.5, 0.6) is 0 Å². The smallest absolute Gasteiger partial charge is 0.123 e. The molecule has 20 heavy (non-hydrogen) atoms. The third-order valence-corrected chi connectivity index (χ3v) is 3.79. The van der Waals surface area contributed by atoms with Crippen molar-refractivity contribution in [3.05, 3.63) is 29.6 Å². The van der Waals surface area contributed by atoms with Crippen LogP contribution in [0, 0.1) is 5.82 Å². The first kappa shape index (κ1) is 15.3. The molecule has 2 rings (SSSR count). The van der Waals surface area contributed by atoms with E-state index in [2.05, 4.69) is 31.0 Å². The Kier molecular flexibility index (Phi) is 5.41. The maximum atomic E-state index is 13.6. The van der Waals surface area contributed by atoms with Crippen LogP contribution in [0.3, 0.4) is 0 Å². The molecule has 1 saturated carbocycles. The van der Waals surface area contributed by atoms with E-state index < -0.39 is 0 Å². The highest BCUT2D eigenvalue weighted by molar-refractivity contribution is 5.55. The van der Waals surface area contributed by atoms with E-state index in [0.29, 0.717) is 12.1 Å². The SMILES string of the molecule is CCCCN(c1ccc(F)cc1CNC(C)C)C1CC1. The predicted molar refractivity (Wildman–Crippen MR) is 83.7 cm³/mol. The van der Waals surface area contributed by atoms with Crippen LogP contribution in [0.2, 0.25) is 0 Å². The van der Waals surface area contributed by atoms with Gasteiger partial charge in [-0.05, 0) is 43.0 Å². The lowest BCUT2D eigenvalue weighted by Crippen LogP contribution is -2.29. The lowest BCUT2D eigenvalue weighted by molar-refractivity contribution is 0.579. The van der Waals surface area contributed by atoms with Gasteiger partial charge in [-0.3, -0.25) is 0 Å². The van der Waals surface area contributed by atoms with Crippen LogP contribution in [0.1, 0.15) is 52.0 Å². The van der Waals surface area contributed by atoms with E-state index in [4.69, 9.17) is 0 Å². The molecule has 3 heteroatoms. The van der Waals surface area contributed by atoms with E-state index >= 15 is 0 Å². The molecule has 1 N–H and O–H groups in total. The summed E-state index contributed by atoms with van der Waals surface area (Å²) in [5, 5.41) is 3.41. The highest BCUT2D eigenvalue weighted by Gasteiger charge is 2.30. The van der Waals surface area contributed by atoms with Gasteiger partial charge in [0.1, 0.15) is 5.82 Å². The molecule has 0 heterocycles. The van der Waals surface area contributed by atoms with E-state index in [0.717, 1.165) is 18.7 Å². The first-order chi connectivity index (χ1) is 9.61. The highest BCUT2D eigenvalue weighted by atomic mass is 19.1. The van der Waals surface area contributed by atoms with Crippen LogP contribution in [0.25, 0.3) is 0 Å². The summed E-state index contributed by atoms with van der Waals surface area (Å²) >= 11 is 0. The Morgan fingerprint density at radius 1 is 1.35 bits per heavy atom. The van der Waals surface area contributed by atoms with Gasteiger partial charge >= 0.3 is 0 Å². The largest absolute Gasteiger partial charge is 0.368 e. The van der Waals surface area contributed by atoms with E-state index in [-0.39, 0.29) is 5.82 Å². The van der Waals surface area contributed by atoms with Gasteiger partial charge in [-0.25, -0.2) is 4.39 Å².